The van der Waals surface area contributed by atoms with Crippen LogP contribution in [0.25, 0.3) is 0 Å². The Bertz CT molecular complexity index is 524. The Kier molecular flexibility index (Phi) is 4.52. The van der Waals surface area contributed by atoms with Crippen molar-refractivity contribution in [2.24, 2.45) is 0 Å². The van der Waals surface area contributed by atoms with Crippen LogP contribution in [0.15, 0.2) is 24.3 Å². The lowest BCUT2D eigenvalue weighted by Crippen LogP contribution is -2.54. The van der Waals surface area contributed by atoms with Crippen molar-refractivity contribution < 1.29 is 18.0 Å². The van der Waals surface area contributed by atoms with E-state index in [1.165, 1.54) is 12.1 Å². The first kappa shape index (κ1) is 16.8. The van der Waals surface area contributed by atoms with Gasteiger partial charge < -0.3 is 4.90 Å². The van der Waals surface area contributed by atoms with Gasteiger partial charge in [0.1, 0.15) is 0 Å². The van der Waals surface area contributed by atoms with E-state index >= 15 is 0 Å². The average molecular weight is 314 g/mol. The number of alkyl halides is 3. The van der Waals surface area contributed by atoms with Crippen LogP contribution in [0, 0.1) is 0 Å². The molecule has 3 nitrogen and oxygen atoms in total. The Hall–Kier alpha value is -1.56. The van der Waals surface area contributed by atoms with E-state index < -0.39 is 11.7 Å². The first-order valence-electron chi connectivity index (χ1n) is 7.30. The Morgan fingerprint density at radius 2 is 1.45 bits per heavy atom. The van der Waals surface area contributed by atoms with Crippen molar-refractivity contribution in [3.8, 4) is 0 Å². The van der Waals surface area contributed by atoms with Crippen LogP contribution >= 0.6 is 0 Å². The molecule has 1 amide bonds. The first-order valence-corrected chi connectivity index (χ1v) is 7.30. The van der Waals surface area contributed by atoms with E-state index in [0.717, 1.165) is 25.2 Å². The van der Waals surface area contributed by atoms with Crippen LogP contribution in [0.3, 0.4) is 0 Å². The van der Waals surface area contributed by atoms with Crippen LogP contribution in [0.2, 0.25) is 0 Å². The quantitative estimate of drug-likeness (QED) is 0.794. The van der Waals surface area contributed by atoms with Gasteiger partial charge in [0, 0.05) is 37.3 Å². The zero-order valence-electron chi connectivity index (χ0n) is 13.1. The lowest BCUT2D eigenvalue weighted by molar-refractivity contribution is -0.137. The molecule has 1 heterocycles. The van der Waals surface area contributed by atoms with Gasteiger partial charge >= 0.3 is 6.18 Å². The number of halogens is 3. The van der Waals surface area contributed by atoms with Crippen molar-refractivity contribution in [3.05, 3.63) is 35.4 Å². The van der Waals surface area contributed by atoms with Crippen LogP contribution in [0.4, 0.5) is 13.2 Å². The molecule has 0 radical (unpaired) electrons. The van der Waals surface area contributed by atoms with Crippen molar-refractivity contribution in [2.75, 3.05) is 26.2 Å². The van der Waals surface area contributed by atoms with E-state index in [4.69, 9.17) is 0 Å². The van der Waals surface area contributed by atoms with Crippen molar-refractivity contribution in [1.29, 1.82) is 0 Å². The number of amides is 1. The Balaban J connectivity index is 2.01. The highest BCUT2D eigenvalue weighted by molar-refractivity contribution is 5.94. The lowest BCUT2D eigenvalue weighted by Gasteiger charge is -2.42. The van der Waals surface area contributed by atoms with Crippen molar-refractivity contribution in [3.63, 3.8) is 0 Å². The summed E-state index contributed by atoms with van der Waals surface area (Å²) in [7, 11) is 0. The molecule has 1 aliphatic rings. The van der Waals surface area contributed by atoms with Crippen LogP contribution in [0.1, 0.15) is 36.7 Å². The number of hydrogen-bond acceptors (Lipinski definition) is 2. The standard InChI is InChI=1S/C16H21F3N2O/c1-15(2,3)21-10-8-20(9-11-21)14(22)12-4-6-13(7-5-12)16(17,18)19/h4-7H,8-11H2,1-3H3. The highest BCUT2D eigenvalue weighted by Gasteiger charge is 2.31. The van der Waals surface area contributed by atoms with Gasteiger partial charge in [-0.1, -0.05) is 0 Å². The minimum Gasteiger partial charge on any atom is -0.336 e. The fourth-order valence-corrected chi connectivity index (χ4v) is 2.56. The predicted octanol–water partition coefficient (Wildman–Crippen LogP) is 3.26. The topological polar surface area (TPSA) is 23.6 Å². The summed E-state index contributed by atoms with van der Waals surface area (Å²) in [5, 5.41) is 0. The van der Waals surface area contributed by atoms with Gasteiger partial charge in [0.25, 0.3) is 5.91 Å². The minimum atomic E-state index is -4.38. The average Bonchev–Trinajstić information content (AvgIpc) is 2.45. The molecule has 1 fully saturated rings. The zero-order valence-corrected chi connectivity index (χ0v) is 13.1. The molecule has 22 heavy (non-hydrogen) atoms. The fraction of sp³-hybridized carbons (Fsp3) is 0.562. The number of rotatable bonds is 1. The molecule has 1 saturated heterocycles. The van der Waals surface area contributed by atoms with Gasteiger partial charge in [0.05, 0.1) is 5.56 Å². The second kappa shape index (κ2) is 5.91. The summed E-state index contributed by atoms with van der Waals surface area (Å²) in [4.78, 5) is 16.3. The molecule has 2 rings (SSSR count). The smallest absolute Gasteiger partial charge is 0.336 e. The SMILES string of the molecule is CC(C)(C)N1CCN(C(=O)c2ccc(C(F)(F)F)cc2)CC1. The Labute approximate surface area is 128 Å². The molecule has 0 atom stereocenters. The molecular formula is C16H21F3N2O. The van der Waals surface area contributed by atoms with E-state index in [2.05, 4.69) is 25.7 Å². The zero-order chi connectivity index (χ0) is 16.5. The summed E-state index contributed by atoms with van der Waals surface area (Å²) < 4.78 is 37.6. The molecule has 1 aromatic rings. The van der Waals surface area contributed by atoms with Crippen LogP contribution in [-0.4, -0.2) is 47.4 Å². The second-order valence-corrected chi connectivity index (χ2v) is 6.53. The summed E-state index contributed by atoms with van der Waals surface area (Å²) in [5.41, 5.74) is -0.373. The molecular weight excluding hydrogens is 293 g/mol. The van der Waals surface area contributed by atoms with Gasteiger partial charge in [-0.15, -0.1) is 0 Å². The van der Waals surface area contributed by atoms with E-state index in [9.17, 15) is 18.0 Å². The molecule has 0 saturated carbocycles. The summed E-state index contributed by atoms with van der Waals surface area (Å²) in [6, 6.07) is 4.42. The van der Waals surface area contributed by atoms with Gasteiger partial charge in [-0.3, -0.25) is 9.69 Å². The van der Waals surface area contributed by atoms with Gasteiger partial charge in [-0.2, -0.15) is 13.2 Å². The predicted molar refractivity (Wildman–Crippen MR) is 78.7 cm³/mol. The highest BCUT2D eigenvalue weighted by atomic mass is 19.4. The molecule has 0 spiro atoms. The van der Waals surface area contributed by atoms with Crippen LogP contribution < -0.4 is 0 Å². The summed E-state index contributed by atoms with van der Waals surface area (Å²) in [6.07, 6.45) is -4.38. The Morgan fingerprint density at radius 1 is 0.955 bits per heavy atom. The summed E-state index contributed by atoms with van der Waals surface area (Å²) in [6.45, 7) is 9.11. The summed E-state index contributed by atoms with van der Waals surface area (Å²) >= 11 is 0. The number of benzene rings is 1. The number of carbonyl (C=O) groups excluding carboxylic acids is 1. The Morgan fingerprint density at radius 3 is 1.86 bits per heavy atom. The van der Waals surface area contributed by atoms with Crippen molar-refractivity contribution >= 4 is 5.91 Å². The van der Waals surface area contributed by atoms with Gasteiger partial charge in [0.15, 0.2) is 0 Å². The van der Waals surface area contributed by atoms with E-state index in [1.807, 2.05) is 0 Å². The molecule has 6 heteroatoms. The van der Waals surface area contributed by atoms with Crippen LogP contribution in [0.5, 0.6) is 0 Å². The van der Waals surface area contributed by atoms with Gasteiger partial charge in [-0.25, -0.2) is 0 Å². The van der Waals surface area contributed by atoms with Gasteiger partial charge in [-0.05, 0) is 45.0 Å². The number of carbonyl (C=O) groups is 1. The van der Waals surface area contributed by atoms with Crippen molar-refractivity contribution in [2.45, 2.75) is 32.5 Å². The van der Waals surface area contributed by atoms with E-state index in [0.29, 0.717) is 18.7 Å². The molecule has 0 bridgehead atoms. The van der Waals surface area contributed by atoms with Crippen molar-refractivity contribution in [1.82, 2.24) is 9.80 Å². The van der Waals surface area contributed by atoms with Gasteiger partial charge in [0.2, 0.25) is 0 Å². The normalized spacial score (nSPS) is 17.6. The third-order valence-electron chi connectivity index (χ3n) is 3.97. The van der Waals surface area contributed by atoms with E-state index in [-0.39, 0.29) is 11.4 Å². The third-order valence-corrected chi connectivity index (χ3v) is 3.97. The minimum absolute atomic E-state index is 0.0590. The maximum absolute atomic E-state index is 12.5. The molecule has 122 valence electrons. The molecule has 0 aromatic heterocycles. The lowest BCUT2D eigenvalue weighted by atomic mass is 10.0. The summed E-state index contributed by atoms with van der Waals surface area (Å²) in [5.74, 6) is -0.206. The fourth-order valence-electron chi connectivity index (χ4n) is 2.56. The number of nitrogens with zero attached hydrogens (tertiary/aromatic N) is 2. The highest BCUT2D eigenvalue weighted by Crippen LogP contribution is 2.29. The molecule has 1 aliphatic heterocycles. The first-order chi connectivity index (χ1) is 10.1. The molecule has 0 N–H and O–H groups in total. The number of hydrogen-bond donors (Lipinski definition) is 0. The molecule has 0 unspecified atom stereocenters. The monoisotopic (exact) mass is 314 g/mol. The van der Waals surface area contributed by atoms with Crippen LogP contribution in [-0.2, 0) is 6.18 Å². The maximum atomic E-state index is 12.5. The maximum Gasteiger partial charge on any atom is 0.416 e. The largest absolute Gasteiger partial charge is 0.416 e. The molecule has 1 aromatic carbocycles. The number of piperazine rings is 1. The molecule has 0 aliphatic carbocycles. The third kappa shape index (κ3) is 3.80. The van der Waals surface area contributed by atoms with E-state index in [1.54, 1.807) is 4.90 Å². The second-order valence-electron chi connectivity index (χ2n) is 6.53.